The minimum Gasteiger partial charge on any atom is -0.480 e. The summed E-state index contributed by atoms with van der Waals surface area (Å²) in [4.78, 5) is 10.2. The van der Waals surface area contributed by atoms with E-state index in [0.717, 1.165) is 4.57 Å². The highest BCUT2D eigenvalue weighted by Crippen LogP contribution is 2.11. The molecule has 1 heterocycles. The van der Waals surface area contributed by atoms with Crippen molar-refractivity contribution in [2.45, 2.75) is 6.54 Å². The summed E-state index contributed by atoms with van der Waals surface area (Å²) in [7, 11) is 0. The standard InChI is InChI=1S/C4H3Cl2N3O2/c5-3-7-8-4(6)9(3)1-2(10)11/h1H2,(H,10,11). The van der Waals surface area contributed by atoms with Crippen molar-refractivity contribution in [1.82, 2.24) is 14.8 Å². The smallest absolute Gasteiger partial charge is 0.323 e. The topological polar surface area (TPSA) is 68.0 Å². The molecule has 0 amide bonds. The van der Waals surface area contributed by atoms with Crippen LogP contribution in [0.25, 0.3) is 0 Å². The van der Waals surface area contributed by atoms with Gasteiger partial charge in [0.05, 0.1) is 0 Å². The Morgan fingerprint density at radius 3 is 2.27 bits per heavy atom. The molecule has 0 unspecified atom stereocenters. The van der Waals surface area contributed by atoms with Crippen molar-refractivity contribution in [1.29, 1.82) is 0 Å². The summed E-state index contributed by atoms with van der Waals surface area (Å²) in [6.45, 7) is -0.329. The number of aliphatic carboxylic acids is 1. The lowest BCUT2D eigenvalue weighted by Crippen LogP contribution is -2.08. The maximum absolute atomic E-state index is 10.2. The molecule has 1 rings (SSSR count). The van der Waals surface area contributed by atoms with Gasteiger partial charge in [-0.15, -0.1) is 10.2 Å². The third-order valence-corrected chi connectivity index (χ3v) is 1.51. The number of carbonyl (C=O) groups is 1. The quantitative estimate of drug-likeness (QED) is 0.754. The van der Waals surface area contributed by atoms with E-state index in [0.29, 0.717) is 0 Å². The van der Waals surface area contributed by atoms with Crippen LogP contribution in [0.1, 0.15) is 0 Å². The minimum atomic E-state index is -1.05. The number of rotatable bonds is 2. The first-order valence-corrected chi connectivity index (χ1v) is 3.33. The Labute approximate surface area is 71.6 Å². The fraction of sp³-hybridized carbons (Fsp3) is 0.250. The Kier molecular flexibility index (Phi) is 2.31. The summed E-state index contributed by atoms with van der Waals surface area (Å²) in [5.41, 5.74) is 0. The van der Waals surface area contributed by atoms with Crippen molar-refractivity contribution < 1.29 is 9.90 Å². The maximum Gasteiger partial charge on any atom is 0.323 e. The Hall–Kier alpha value is -0.810. The Morgan fingerprint density at radius 2 is 1.91 bits per heavy atom. The highest BCUT2D eigenvalue weighted by Gasteiger charge is 2.10. The second-order valence-electron chi connectivity index (χ2n) is 1.72. The van der Waals surface area contributed by atoms with Crippen molar-refractivity contribution in [3.8, 4) is 0 Å². The fourth-order valence-corrected chi connectivity index (χ4v) is 0.931. The Morgan fingerprint density at radius 1 is 1.45 bits per heavy atom. The van der Waals surface area contributed by atoms with Gasteiger partial charge in [0.15, 0.2) is 0 Å². The lowest BCUT2D eigenvalue weighted by Gasteiger charge is -1.96. The van der Waals surface area contributed by atoms with E-state index < -0.39 is 5.97 Å². The zero-order valence-electron chi connectivity index (χ0n) is 5.16. The number of carboxylic acid groups (broad SMARTS) is 1. The average molecular weight is 196 g/mol. The normalized spacial score (nSPS) is 10.0. The minimum absolute atomic E-state index is 0.0302. The maximum atomic E-state index is 10.2. The number of halogens is 2. The van der Waals surface area contributed by atoms with Crippen LogP contribution in [0.4, 0.5) is 0 Å². The fourth-order valence-electron chi connectivity index (χ4n) is 0.532. The molecule has 0 radical (unpaired) electrons. The second kappa shape index (κ2) is 3.06. The highest BCUT2D eigenvalue weighted by atomic mass is 35.5. The molecule has 60 valence electrons. The summed E-state index contributed by atoms with van der Waals surface area (Å²) in [6.07, 6.45) is 0. The number of hydrogen-bond acceptors (Lipinski definition) is 3. The molecular formula is C4H3Cl2N3O2. The number of carboxylic acids is 1. The van der Waals surface area contributed by atoms with Crippen LogP contribution in [-0.2, 0) is 11.3 Å². The third-order valence-electron chi connectivity index (χ3n) is 0.954. The van der Waals surface area contributed by atoms with Gasteiger partial charge in [0.1, 0.15) is 6.54 Å². The van der Waals surface area contributed by atoms with Crippen LogP contribution in [-0.4, -0.2) is 25.8 Å². The van der Waals surface area contributed by atoms with Crippen LogP contribution >= 0.6 is 23.2 Å². The van der Waals surface area contributed by atoms with E-state index in [1.54, 1.807) is 0 Å². The first-order chi connectivity index (χ1) is 5.11. The molecule has 1 aromatic rings. The summed E-state index contributed by atoms with van der Waals surface area (Å²) in [5.74, 6) is -1.05. The van der Waals surface area contributed by atoms with E-state index in [2.05, 4.69) is 10.2 Å². The number of nitrogens with zero attached hydrogens (tertiary/aromatic N) is 3. The monoisotopic (exact) mass is 195 g/mol. The van der Waals surface area contributed by atoms with Gasteiger partial charge in [0.25, 0.3) is 0 Å². The Balaban J connectivity index is 2.92. The average Bonchev–Trinajstić information content (AvgIpc) is 2.18. The second-order valence-corrected chi connectivity index (χ2v) is 2.39. The molecule has 0 fully saturated rings. The predicted octanol–water partition coefficient (Wildman–Crippen LogP) is 0.669. The molecule has 0 saturated heterocycles. The number of hydrogen-bond donors (Lipinski definition) is 1. The van der Waals surface area contributed by atoms with Crippen molar-refractivity contribution in [2.75, 3.05) is 0 Å². The first kappa shape index (κ1) is 8.29. The Bertz CT molecular complexity index is 265. The molecular weight excluding hydrogens is 193 g/mol. The van der Waals surface area contributed by atoms with Gasteiger partial charge >= 0.3 is 5.97 Å². The molecule has 0 aliphatic heterocycles. The van der Waals surface area contributed by atoms with Gasteiger partial charge < -0.3 is 5.11 Å². The van der Waals surface area contributed by atoms with Crippen LogP contribution in [0.5, 0.6) is 0 Å². The molecule has 1 aromatic heterocycles. The number of aromatic nitrogens is 3. The zero-order chi connectivity index (χ0) is 8.43. The summed E-state index contributed by atoms with van der Waals surface area (Å²) in [6, 6.07) is 0. The lowest BCUT2D eigenvalue weighted by atomic mass is 10.6. The van der Waals surface area contributed by atoms with Crippen molar-refractivity contribution in [3.63, 3.8) is 0 Å². The van der Waals surface area contributed by atoms with Gasteiger partial charge in [0.2, 0.25) is 10.6 Å². The van der Waals surface area contributed by atoms with E-state index in [-0.39, 0.29) is 17.1 Å². The molecule has 0 saturated carbocycles. The van der Waals surface area contributed by atoms with Gasteiger partial charge in [-0.05, 0) is 23.2 Å². The van der Waals surface area contributed by atoms with Gasteiger partial charge in [-0.3, -0.25) is 9.36 Å². The lowest BCUT2D eigenvalue weighted by molar-refractivity contribution is -0.137. The van der Waals surface area contributed by atoms with Crippen LogP contribution in [0.2, 0.25) is 10.6 Å². The van der Waals surface area contributed by atoms with Crippen LogP contribution in [0.3, 0.4) is 0 Å². The van der Waals surface area contributed by atoms with E-state index in [9.17, 15) is 4.79 Å². The first-order valence-electron chi connectivity index (χ1n) is 2.57. The molecule has 0 aromatic carbocycles. The molecule has 0 bridgehead atoms. The van der Waals surface area contributed by atoms with Gasteiger partial charge in [-0.1, -0.05) is 0 Å². The summed E-state index contributed by atoms with van der Waals surface area (Å²) >= 11 is 10.9. The molecule has 5 nitrogen and oxygen atoms in total. The molecule has 7 heteroatoms. The molecule has 0 aliphatic rings. The van der Waals surface area contributed by atoms with Crippen molar-refractivity contribution in [2.24, 2.45) is 0 Å². The third kappa shape index (κ3) is 1.81. The molecule has 0 spiro atoms. The SMILES string of the molecule is O=C(O)Cn1c(Cl)nnc1Cl. The zero-order valence-corrected chi connectivity index (χ0v) is 6.67. The largest absolute Gasteiger partial charge is 0.480 e. The van der Waals surface area contributed by atoms with Gasteiger partial charge in [-0.25, -0.2) is 0 Å². The molecule has 1 N–H and O–H groups in total. The predicted molar refractivity (Wildman–Crippen MR) is 37.7 cm³/mol. The highest BCUT2D eigenvalue weighted by molar-refractivity contribution is 6.31. The van der Waals surface area contributed by atoms with Crippen LogP contribution < -0.4 is 0 Å². The van der Waals surface area contributed by atoms with E-state index >= 15 is 0 Å². The molecule has 0 atom stereocenters. The van der Waals surface area contributed by atoms with Crippen LogP contribution in [0, 0.1) is 0 Å². The van der Waals surface area contributed by atoms with Gasteiger partial charge in [0, 0.05) is 0 Å². The van der Waals surface area contributed by atoms with Gasteiger partial charge in [-0.2, -0.15) is 0 Å². The summed E-state index contributed by atoms with van der Waals surface area (Å²) < 4.78 is 1.07. The van der Waals surface area contributed by atoms with E-state index in [4.69, 9.17) is 28.3 Å². The molecule has 11 heavy (non-hydrogen) atoms. The van der Waals surface area contributed by atoms with E-state index in [1.165, 1.54) is 0 Å². The van der Waals surface area contributed by atoms with Crippen molar-refractivity contribution >= 4 is 29.2 Å². The van der Waals surface area contributed by atoms with Crippen molar-refractivity contribution in [3.05, 3.63) is 10.6 Å². The summed E-state index contributed by atoms with van der Waals surface area (Å²) in [5, 5.41) is 15.0. The van der Waals surface area contributed by atoms with Crippen LogP contribution in [0.15, 0.2) is 0 Å². The molecule has 0 aliphatic carbocycles. The van der Waals surface area contributed by atoms with E-state index in [1.807, 2.05) is 0 Å².